The Hall–Kier alpha value is -0.610. The summed E-state index contributed by atoms with van der Waals surface area (Å²) in [6.07, 6.45) is 0.375. The van der Waals surface area contributed by atoms with E-state index < -0.39 is 12.1 Å². The van der Waals surface area contributed by atoms with Gasteiger partial charge in [-0.2, -0.15) is 0 Å². The molecule has 0 aliphatic carbocycles. The van der Waals surface area contributed by atoms with Crippen LogP contribution in [0.1, 0.15) is 34.1 Å². The average molecular weight is 216 g/mol. The van der Waals surface area contributed by atoms with Gasteiger partial charge < -0.3 is 16.2 Å². The molecule has 0 saturated heterocycles. The first kappa shape index (κ1) is 14.4. The van der Waals surface area contributed by atoms with Gasteiger partial charge >= 0.3 is 0 Å². The van der Waals surface area contributed by atoms with E-state index in [1.54, 1.807) is 0 Å². The van der Waals surface area contributed by atoms with Crippen molar-refractivity contribution in [2.24, 2.45) is 17.6 Å². The molecule has 4 N–H and O–H groups in total. The summed E-state index contributed by atoms with van der Waals surface area (Å²) in [5.74, 6) is 0.135. The minimum Gasteiger partial charge on any atom is -0.391 e. The van der Waals surface area contributed by atoms with Gasteiger partial charge in [-0.15, -0.1) is 0 Å². The van der Waals surface area contributed by atoms with Gasteiger partial charge in [0.15, 0.2) is 0 Å². The first-order chi connectivity index (χ1) is 6.90. The molecule has 90 valence electrons. The van der Waals surface area contributed by atoms with E-state index in [-0.39, 0.29) is 24.3 Å². The summed E-state index contributed by atoms with van der Waals surface area (Å²) >= 11 is 0. The van der Waals surface area contributed by atoms with Crippen LogP contribution >= 0.6 is 0 Å². The second kappa shape index (κ2) is 6.80. The molecule has 0 saturated carbocycles. The minimum atomic E-state index is -0.502. The number of carbonyl (C=O) groups is 1. The van der Waals surface area contributed by atoms with Crippen LogP contribution in [0.4, 0.5) is 0 Å². The van der Waals surface area contributed by atoms with Crippen molar-refractivity contribution in [3.05, 3.63) is 0 Å². The van der Waals surface area contributed by atoms with Crippen LogP contribution in [0.25, 0.3) is 0 Å². The predicted octanol–water partition coefficient (Wildman–Crippen LogP) is 0.493. The van der Waals surface area contributed by atoms with Crippen LogP contribution in [-0.4, -0.2) is 29.7 Å². The monoisotopic (exact) mass is 216 g/mol. The van der Waals surface area contributed by atoms with Crippen LogP contribution in [0.15, 0.2) is 0 Å². The van der Waals surface area contributed by atoms with Crippen LogP contribution < -0.4 is 11.1 Å². The Morgan fingerprint density at radius 3 is 2.33 bits per heavy atom. The van der Waals surface area contributed by atoms with E-state index in [9.17, 15) is 9.90 Å². The number of carbonyl (C=O) groups excluding carboxylic acids is 1. The maximum absolute atomic E-state index is 11.5. The second-order valence-corrected chi connectivity index (χ2v) is 4.47. The molecule has 1 unspecified atom stereocenters. The summed E-state index contributed by atoms with van der Waals surface area (Å²) in [5.41, 5.74) is 5.74. The largest absolute Gasteiger partial charge is 0.391 e. The molecular formula is C11H24N2O2. The maximum atomic E-state index is 11.5. The Bertz CT molecular complexity index is 195. The van der Waals surface area contributed by atoms with E-state index in [1.165, 1.54) is 0 Å². The van der Waals surface area contributed by atoms with Gasteiger partial charge in [0, 0.05) is 6.54 Å². The average Bonchev–Trinajstić information content (AvgIpc) is 2.22. The molecule has 4 heteroatoms. The van der Waals surface area contributed by atoms with E-state index in [4.69, 9.17) is 5.73 Å². The number of amides is 1. The van der Waals surface area contributed by atoms with Crippen molar-refractivity contribution in [1.82, 2.24) is 5.32 Å². The van der Waals surface area contributed by atoms with Gasteiger partial charge in [0.05, 0.1) is 12.1 Å². The highest BCUT2D eigenvalue weighted by atomic mass is 16.3. The highest BCUT2D eigenvalue weighted by Gasteiger charge is 2.20. The number of nitrogens with two attached hydrogens (primary N) is 1. The van der Waals surface area contributed by atoms with Crippen molar-refractivity contribution < 1.29 is 9.90 Å². The number of aliphatic hydroxyl groups excluding tert-OH is 1. The molecule has 0 aromatic rings. The van der Waals surface area contributed by atoms with E-state index in [0.29, 0.717) is 0 Å². The fraction of sp³-hybridized carbons (Fsp3) is 0.909. The summed E-state index contributed by atoms with van der Waals surface area (Å²) in [4.78, 5) is 11.5. The lowest BCUT2D eigenvalue weighted by Crippen LogP contribution is -2.47. The molecule has 15 heavy (non-hydrogen) atoms. The SMILES string of the molecule is CC[C@H](C)[C@H](N)C(=O)NCC(O)C(C)C. The molecule has 0 radical (unpaired) electrons. The summed E-state index contributed by atoms with van der Waals surface area (Å²) < 4.78 is 0. The first-order valence-electron chi connectivity index (χ1n) is 5.61. The van der Waals surface area contributed by atoms with Gasteiger partial charge in [-0.25, -0.2) is 0 Å². The first-order valence-corrected chi connectivity index (χ1v) is 5.61. The van der Waals surface area contributed by atoms with Crippen molar-refractivity contribution >= 4 is 5.91 Å². The summed E-state index contributed by atoms with van der Waals surface area (Å²) in [6, 6.07) is -0.477. The third kappa shape index (κ3) is 5.14. The predicted molar refractivity (Wildman–Crippen MR) is 61.3 cm³/mol. The quantitative estimate of drug-likeness (QED) is 0.605. The van der Waals surface area contributed by atoms with Crippen LogP contribution in [0.3, 0.4) is 0 Å². The Labute approximate surface area is 92.2 Å². The lowest BCUT2D eigenvalue weighted by atomic mass is 9.99. The molecule has 0 aromatic heterocycles. The van der Waals surface area contributed by atoms with Gasteiger partial charge in [0.25, 0.3) is 0 Å². The lowest BCUT2D eigenvalue weighted by molar-refractivity contribution is -0.124. The third-order valence-corrected chi connectivity index (χ3v) is 2.81. The van der Waals surface area contributed by atoms with Gasteiger partial charge in [0.1, 0.15) is 0 Å². The highest BCUT2D eigenvalue weighted by Crippen LogP contribution is 2.05. The molecule has 0 spiro atoms. The van der Waals surface area contributed by atoms with Crippen molar-refractivity contribution in [2.45, 2.75) is 46.3 Å². The van der Waals surface area contributed by atoms with Crippen molar-refractivity contribution in [2.75, 3.05) is 6.54 Å². The van der Waals surface area contributed by atoms with Gasteiger partial charge in [0.2, 0.25) is 5.91 Å². The fourth-order valence-electron chi connectivity index (χ4n) is 1.07. The molecule has 0 bridgehead atoms. The van der Waals surface area contributed by atoms with Crippen molar-refractivity contribution in [3.63, 3.8) is 0 Å². The number of hydrogen-bond acceptors (Lipinski definition) is 3. The van der Waals surface area contributed by atoms with Gasteiger partial charge in [-0.05, 0) is 11.8 Å². The van der Waals surface area contributed by atoms with Gasteiger partial charge in [-0.3, -0.25) is 4.79 Å². The number of nitrogens with one attached hydrogen (secondary N) is 1. The van der Waals surface area contributed by atoms with E-state index >= 15 is 0 Å². The maximum Gasteiger partial charge on any atom is 0.237 e. The molecule has 0 aliphatic rings. The Kier molecular flexibility index (Phi) is 6.52. The van der Waals surface area contributed by atoms with E-state index in [1.807, 2.05) is 27.7 Å². The molecule has 0 aromatic carbocycles. The molecule has 4 nitrogen and oxygen atoms in total. The smallest absolute Gasteiger partial charge is 0.237 e. The fourth-order valence-corrected chi connectivity index (χ4v) is 1.07. The Balaban J connectivity index is 3.93. The lowest BCUT2D eigenvalue weighted by Gasteiger charge is -2.20. The zero-order valence-electron chi connectivity index (χ0n) is 10.2. The molecule has 0 rings (SSSR count). The molecule has 3 atom stereocenters. The molecule has 0 fully saturated rings. The Morgan fingerprint density at radius 1 is 1.40 bits per heavy atom. The van der Waals surface area contributed by atoms with Crippen LogP contribution in [0.2, 0.25) is 0 Å². The van der Waals surface area contributed by atoms with Crippen molar-refractivity contribution in [3.8, 4) is 0 Å². The standard InChI is InChI=1S/C11H24N2O2/c1-5-8(4)10(12)11(15)13-6-9(14)7(2)3/h7-10,14H,5-6,12H2,1-4H3,(H,13,15)/t8-,9?,10-/m0/s1. The Morgan fingerprint density at radius 2 is 1.93 bits per heavy atom. The molecule has 1 amide bonds. The summed E-state index contributed by atoms with van der Waals surface area (Å²) in [5, 5.41) is 12.2. The number of aliphatic hydroxyl groups is 1. The molecular weight excluding hydrogens is 192 g/mol. The third-order valence-electron chi connectivity index (χ3n) is 2.81. The minimum absolute atomic E-state index is 0.144. The van der Waals surface area contributed by atoms with Gasteiger partial charge in [-0.1, -0.05) is 34.1 Å². The summed E-state index contributed by atoms with van der Waals surface area (Å²) in [6.45, 7) is 8.04. The van der Waals surface area contributed by atoms with Crippen LogP contribution in [-0.2, 0) is 4.79 Å². The number of hydrogen-bond donors (Lipinski definition) is 3. The second-order valence-electron chi connectivity index (χ2n) is 4.47. The topological polar surface area (TPSA) is 75.4 Å². The molecule has 0 heterocycles. The zero-order chi connectivity index (χ0) is 12.0. The summed E-state index contributed by atoms with van der Waals surface area (Å²) in [7, 11) is 0. The highest BCUT2D eigenvalue weighted by molar-refractivity contribution is 5.81. The van der Waals surface area contributed by atoms with Crippen molar-refractivity contribution in [1.29, 1.82) is 0 Å². The normalized spacial score (nSPS) is 17.3. The zero-order valence-corrected chi connectivity index (χ0v) is 10.2. The van der Waals surface area contributed by atoms with E-state index in [0.717, 1.165) is 6.42 Å². The van der Waals surface area contributed by atoms with Crippen LogP contribution in [0.5, 0.6) is 0 Å². The number of rotatable bonds is 6. The van der Waals surface area contributed by atoms with Crippen LogP contribution in [0, 0.1) is 11.8 Å². The van der Waals surface area contributed by atoms with E-state index in [2.05, 4.69) is 5.32 Å². The molecule has 0 aliphatic heterocycles.